The zero-order valence-corrected chi connectivity index (χ0v) is 13.0. The number of carbonyl (C=O) groups is 1. The molecular weight excluding hydrogens is 274 g/mol. The molecule has 0 radical (unpaired) electrons. The van der Waals surface area contributed by atoms with E-state index in [0.717, 1.165) is 31.5 Å². The Morgan fingerprint density at radius 2 is 1.85 bits per heavy atom. The largest absolute Gasteiger partial charge is 0.341 e. The number of carbonyl (C=O) groups excluding carboxylic acids is 1. The Morgan fingerprint density at radius 1 is 1.30 bits per heavy atom. The van der Waals surface area contributed by atoms with Crippen LogP contribution in [-0.4, -0.2) is 48.9 Å². The lowest BCUT2D eigenvalue weighted by molar-refractivity contribution is -0.134. The monoisotopic (exact) mass is 297 g/mol. The van der Waals surface area contributed by atoms with Crippen LogP contribution in [0.1, 0.15) is 24.4 Å². The molecule has 1 fully saturated rings. The fourth-order valence-corrected chi connectivity index (χ4v) is 2.58. The minimum absolute atomic E-state index is 0. The van der Waals surface area contributed by atoms with Crippen LogP contribution in [0.5, 0.6) is 0 Å². The molecule has 1 amide bonds. The van der Waals surface area contributed by atoms with Gasteiger partial charge in [-0.15, -0.1) is 12.4 Å². The molecule has 1 saturated heterocycles. The van der Waals surface area contributed by atoms with E-state index in [1.165, 1.54) is 0 Å². The van der Waals surface area contributed by atoms with Crippen molar-refractivity contribution in [2.45, 2.75) is 24.9 Å². The molecule has 1 aromatic carbocycles. The summed E-state index contributed by atoms with van der Waals surface area (Å²) >= 11 is 0. The standard InChI is InChI=1S/C15H23N3O.ClH/c1-17-10-8-13(9-11-17)18(2)15(19)14(16)12-6-4-3-5-7-12;/h3-7,13-14H,8-11,16H2,1-2H3;1H. The summed E-state index contributed by atoms with van der Waals surface area (Å²) in [5, 5.41) is 0. The summed E-state index contributed by atoms with van der Waals surface area (Å²) in [5.41, 5.74) is 6.95. The molecule has 112 valence electrons. The van der Waals surface area contributed by atoms with Gasteiger partial charge in [-0.1, -0.05) is 30.3 Å². The molecule has 1 unspecified atom stereocenters. The molecule has 0 aliphatic carbocycles. The van der Waals surface area contributed by atoms with Crippen LogP contribution in [0.4, 0.5) is 0 Å². The third kappa shape index (κ3) is 3.95. The second-order valence-corrected chi connectivity index (χ2v) is 5.37. The van der Waals surface area contributed by atoms with E-state index in [1.54, 1.807) is 0 Å². The van der Waals surface area contributed by atoms with Crippen molar-refractivity contribution < 1.29 is 4.79 Å². The van der Waals surface area contributed by atoms with Crippen LogP contribution in [0.2, 0.25) is 0 Å². The highest BCUT2D eigenvalue weighted by Crippen LogP contribution is 2.18. The number of nitrogens with zero attached hydrogens (tertiary/aromatic N) is 2. The number of benzene rings is 1. The van der Waals surface area contributed by atoms with Crippen molar-refractivity contribution in [2.75, 3.05) is 27.2 Å². The third-order valence-electron chi connectivity index (χ3n) is 4.01. The summed E-state index contributed by atoms with van der Waals surface area (Å²) in [6.45, 7) is 2.09. The van der Waals surface area contributed by atoms with Gasteiger partial charge in [-0.2, -0.15) is 0 Å². The fraction of sp³-hybridized carbons (Fsp3) is 0.533. The number of hydrogen-bond donors (Lipinski definition) is 1. The Balaban J connectivity index is 0.00000200. The van der Waals surface area contributed by atoms with E-state index in [1.807, 2.05) is 42.3 Å². The first-order valence-electron chi connectivity index (χ1n) is 6.85. The average Bonchev–Trinajstić information content (AvgIpc) is 2.46. The van der Waals surface area contributed by atoms with Crippen molar-refractivity contribution in [2.24, 2.45) is 5.73 Å². The summed E-state index contributed by atoms with van der Waals surface area (Å²) in [7, 11) is 3.99. The Hall–Kier alpha value is -1.10. The Morgan fingerprint density at radius 3 is 2.40 bits per heavy atom. The lowest BCUT2D eigenvalue weighted by atomic mass is 10.0. The minimum Gasteiger partial charge on any atom is -0.341 e. The normalized spacial score (nSPS) is 18.1. The summed E-state index contributed by atoms with van der Waals surface area (Å²) in [4.78, 5) is 16.5. The number of likely N-dealkylation sites (tertiary alicyclic amines) is 1. The maximum absolute atomic E-state index is 12.4. The predicted octanol–water partition coefficient (Wildman–Crippen LogP) is 1.66. The third-order valence-corrected chi connectivity index (χ3v) is 4.01. The van der Waals surface area contributed by atoms with Gasteiger partial charge in [-0.05, 0) is 38.5 Å². The summed E-state index contributed by atoms with van der Waals surface area (Å²) < 4.78 is 0. The van der Waals surface area contributed by atoms with E-state index in [0.29, 0.717) is 6.04 Å². The fourth-order valence-electron chi connectivity index (χ4n) is 2.58. The SMILES string of the molecule is CN1CCC(N(C)C(=O)C(N)c2ccccc2)CC1.Cl. The molecular formula is C15H24ClN3O. The highest BCUT2D eigenvalue weighted by atomic mass is 35.5. The van der Waals surface area contributed by atoms with Crippen LogP contribution < -0.4 is 5.73 Å². The van der Waals surface area contributed by atoms with E-state index < -0.39 is 6.04 Å². The zero-order valence-electron chi connectivity index (χ0n) is 12.2. The van der Waals surface area contributed by atoms with Crippen molar-refractivity contribution in [1.82, 2.24) is 9.80 Å². The van der Waals surface area contributed by atoms with Gasteiger partial charge in [0.1, 0.15) is 6.04 Å². The van der Waals surface area contributed by atoms with Crippen LogP contribution in [-0.2, 0) is 4.79 Å². The van der Waals surface area contributed by atoms with Gasteiger partial charge >= 0.3 is 0 Å². The molecule has 4 nitrogen and oxygen atoms in total. The first-order chi connectivity index (χ1) is 9.09. The van der Waals surface area contributed by atoms with Crippen molar-refractivity contribution in [3.8, 4) is 0 Å². The maximum Gasteiger partial charge on any atom is 0.244 e. The molecule has 2 N–H and O–H groups in total. The zero-order chi connectivity index (χ0) is 13.8. The maximum atomic E-state index is 12.4. The summed E-state index contributed by atoms with van der Waals surface area (Å²) in [6.07, 6.45) is 2.06. The van der Waals surface area contributed by atoms with Crippen LogP contribution in [0.15, 0.2) is 30.3 Å². The average molecular weight is 298 g/mol. The first-order valence-corrected chi connectivity index (χ1v) is 6.85. The summed E-state index contributed by atoms with van der Waals surface area (Å²) in [6, 6.07) is 9.34. The second kappa shape index (κ2) is 7.62. The van der Waals surface area contributed by atoms with Crippen LogP contribution >= 0.6 is 12.4 Å². The molecule has 0 saturated carbocycles. The number of piperidine rings is 1. The molecule has 1 aliphatic rings. The lowest BCUT2D eigenvalue weighted by Crippen LogP contribution is -2.47. The van der Waals surface area contributed by atoms with E-state index in [2.05, 4.69) is 11.9 Å². The first kappa shape index (κ1) is 17.0. The number of hydrogen-bond acceptors (Lipinski definition) is 3. The molecule has 5 heteroatoms. The van der Waals surface area contributed by atoms with Gasteiger partial charge in [0.25, 0.3) is 0 Å². The quantitative estimate of drug-likeness (QED) is 0.923. The van der Waals surface area contributed by atoms with Gasteiger partial charge in [-0.25, -0.2) is 0 Å². The summed E-state index contributed by atoms with van der Waals surface area (Å²) in [5.74, 6) is 0.0146. The van der Waals surface area contributed by atoms with Crippen molar-refractivity contribution in [1.29, 1.82) is 0 Å². The number of likely N-dealkylation sites (N-methyl/N-ethyl adjacent to an activating group) is 1. The Kier molecular flexibility index (Phi) is 6.46. The molecule has 1 heterocycles. The van der Waals surface area contributed by atoms with Gasteiger partial charge in [0.15, 0.2) is 0 Å². The lowest BCUT2D eigenvalue weighted by Gasteiger charge is -2.36. The van der Waals surface area contributed by atoms with Gasteiger partial charge in [-0.3, -0.25) is 4.79 Å². The molecule has 0 spiro atoms. The van der Waals surface area contributed by atoms with Crippen LogP contribution in [0.3, 0.4) is 0 Å². The highest BCUT2D eigenvalue weighted by Gasteiger charge is 2.27. The van der Waals surface area contributed by atoms with Gasteiger partial charge in [0.05, 0.1) is 0 Å². The van der Waals surface area contributed by atoms with Crippen LogP contribution in [0, 0.1) is 0 Å². The molecule has 20 heavy (non-hydrogen) atoms. The molecule has 2 rings (SSSR count). The second-order valence-electron chi connectivity index (χ2n) is 5.37. The van der Waals surface area contributed by atoms with Crippen molar-refractivity contribution >= 4 is 18.3 Å². The van der Waals surface area contributed by atoms with Gasteiger partial charge in [0, 0.05) is 13.1 Å². The number of amides is 1. The number of halogens is 1. The molecule has 0 aromatic heterocycles. The van der Waals surface area contributed by atoms with E-state index >= 15 is 0 Å². The van der Waals surface area contributed by atoms with Gasteiger partial charge in [0.2, 0.25) is 5.91 Å². The van der Waals surface area contributed by atoms with E-state index in [9.17, 15) is 4.79 Å². The molecule has 0 bridgehead atoms. The van der Waals surface area contributed by atoms with Crippen molar-refractivity contribution in [3.05, 3.63) is 35.9 Å². The topological polar surface area (TPSA) is 49.6 Å². The smallest absolute Gasteiger partial charge is 0.244 e. The van der Waals surface area contributed by atoms with E-state index in [-0.39, 0.29) is 18.3 Å². The molecule has 1 aromatic rings. The molecule has 1 aliphatic heterocycles. The van der Waals surface area contributed by atoms with E-state index in [4.69, 9.17) is 5.73 Å². The Labute approximate surface area is 127 Å². The minimum atomic E-state index is -0.550. The number of nitrogens with two attached hydrogens (primary N) is 1. The number of rotatable bonds is 3. The predicted molar refractivity (Wildman–Crippen MR) is 83.9 cm³/mol. The van der Waals surface area contributed by atoms with Gasteiger partial charge < -0.3 is 15.5 Å². The Bertz CT molecular complexity index is 418. The van der Waals surface area contributed by atoms with Crippen molar-refractivity contribution in [3.63, 3.8) is 0 Å². The molecule has 1 atom stereocenters. The van der Waals surface area contributed by atoms with Crippen LogP contribution in [0.25, 0.3) is 0 Å². The highest BCUT2D eigenvalue weighted by molar-refractivity contribution is 5.85.